The summed E-state index contributed by atoms with van der Waals surface area (Å²) >= 11 is -2.44. The summed E-state index contributed by atoms with van der Waals surface area (Å²) in [5.74, 6) is -0.0267. The van der Waals surface area contributed by atoms with Crippen LogP contribution in [-0.2, 0) is 0 Å². The minimum atomic E-state index is -2.44. The SMILES string of the molecule is CCC[CH2][Sn]([CH2]CCC)([CH2]CCC)[c]1cc(F)ccc1C. The van der Waals surface area contributed by atoms with Crippen molar-refractivity contribution in [2.75, 3.05) is 0 Å². The monoisotopic (exact) mass is 400 g/mol. The Labute approximate surface area is 135 Å². The van der Waals surface area contributed by atoms with Crippen molar-refractivity contribution in [3.05, 3.63) is 29.6 Å². The van der Waals surface area contributed by atoms with Gasteiger partial charge in [0.15, 0.2) is 0 Å². The second kappa shape index (κ2) is 9.86. The molecule has 0 amide bonds. The zero-order valence-corrected chi connectivity index (χ0v) is 17.3. The fourth-order valence-corrected chi connectivity index (χ4v) is 20.7. The summed E-state index contributed by atoms with van der Waals surface area (Å²) in [6, 6.07) is 5.56. The molecule has 0 saturated heterocycles. The van der Waals surface area contributed by atoms with E-state index in [-0.39, 0.29) is 5.82 Å². The van der Waals surface area contributed by atoms with E-state index in [4.69, 9.17) is 0 Å². The summed E-state index contributed by atoms with van der Waals surface area (Å²) in [6.07, 6.45) is 7.81. The van der Waals surface area contributed by atoms with Crippen LogP contribution in [0.15, 0.2) is 18.2 Å². The van der Waals surface area contributed by atoms with Gasteiger partial charge in [0.2, 0.25) is 0 Å². The third-order valence-corrected chi connectivity index (χ3v) is 20.8. The van der Waals surface area contributed by atoms with E-state index in [1.165, 1.54) is 61.0 Å². The molecule has 2 heteroatoms. The van der Waals surface area contributed by atoms with Crippen molar-refractivity contribution >= 4 is 22.0 Å². The van der Waals surface area contributed by atoms with Gasteiger partial charge in [0.1, 0.15) is 0 Å². The van der Waals surface area contributed by atoms with Crippen LogP contribution in [0.4, 0.5) is 4.39 Å². The van der Waals surface area contributed by atoms with E-state index < -0.39 is 18.4 Å². The van der Waals surface area contributed by atoms with Crippen LogP contribution in [0.25, 0.3) is 0 Å². The van der Waals surface area contributed by atoms with E-state index in [2.05, 4.69) is 27.7 Å². The van der Waals surface area contributed by atoms with Crippen molar-refractivity contribution in [1.29, 1.82) is 0 Å². The van der Waals surface area contributed by atoms with E-state index in [0.717, 1.165) is 0 Å². The van der Waals surface area contributed by atoms with Gasteiger partial charge in [0.05, 0.1) is 0 Å². The minimum absolute atomic E-state index is 0.0267. The fourth-order valence-electron chi connectivity index (χ4n) is 3.49. The molecule has 1 aromatic rings. The Balaban J connectivity index is 3.19. The van der Waals surface area contributed by atoms with Crippen LogP contribution in [0.2, 0.25) is 13.3 Å². The normalized spacial score (nSPS) is 11.9. The molecule has 0 nitrogen and oxygen atoms in total. The van der Waals surface area contributed by atoms with Crippen LogP contribution in [0, 0.1) is 12.7 Å². The number of hydrogen-bond donors (Lipinski definition) is 0. The molecule has 1 rings (SSSR count). The molecule has 0 aliphatic heterocycles. The van der Waals surface area contributed by atoms with E-state index in [9.17, 15) is 4.39 Å². The zero-order chi connectivity index (χ0) is 15.7. The molecular weight excluding hydrogens is 366 g/mol. The van der Waals surface area contributed by atoms with Gasteiger partial charge >= 0.3 is 135 Å². The summed E-state index contributed by atoms with van der Waals surface area (Å²) in [5.41, 5.74) is 1.36. The van der Waals surface area contributed by atoms with Gasteiger partial charge in [-0.25, -0.2) is 0 Å². The molecule has 0 heterocycles. The summed E-state index contributed by atoms with van der Waals surface area (Å²) < 4.78 is 19.6. The predicted molar refractivity (Wildman–Crippen MR) is 95.7 cm³/mol. The summed E-state index contributed by atoms with van der Waals surface area (Å²) in [4.78, 5) is 0. The zero-order valence-electron chi connectivity index (χ0n) is 14.5. The van der Waals surface area contributed by atoms with Gasteiger partial charge in [-0.05, 0) is 0 Å². The molecule has 0 atom stereocenters. The van der Waals surface area contributed by atoms with Crippen LogP contribution >= 0.6 is 0 Å². The van der Waals surface area contributed by atoms with Crippen molar-refractivity contribution in [2.45, 2.75) is 79.5 Å². The molecule has 0 N–H and O–H groups in total. The Morgan fingerprint density at radius 2 is 1.33 bits per heavy atom. The van der Waals surface area contributed by atoms with E-state index >= 15 is 0 Å². The topological polar surface area (TPSA) is 0 Å². The van der Waals surface area contributed by atoms with E-state index in [1.54, 1.807) is 6.07 Å². The van der Waals surface area contributed by atoms with Crippen LogP contribution in [0.5, 0.6) is 0 Å². The molecule has 1 aromatic carbocycles. The van der Waals surface area contributed by atoms with Gasteiger partial charge in [-0.15, -0.1) is 0 Å². The predicted octanol–water partition coefficient (Wildman–Crippen LogP) is 6.19. The van der Waals surface area contributed by atoms with Gasteiger partial charge in [-0.2, -0.15) is 0 Å². The second-order valence-electron chi connectivity index (χ2n) is 6.55. The molecule has 0 spiro atoms. The molecule has 0 fully saturated rings. The molecule has 21 heavy (non-hydrogen) atoms. The van der Waals surface area contributed by atoms with Crippen LogP contribution in [-0.4, -0.2) is 18.4 Å². The first kappa shape index (κ1) is 19.0. The summed E-state index contributed by atoms with van der Waals surface area (Å²) in [6.45, 7) is 9.06. The van der Waals surface area contributed by atoms with Crippen molar-refractivity contribution in [1.82, 2.24) is 0 Å². The number of benzene rings is 1. The van der Waals surface area contributed by atoms with Gasteiger partial charge in [-0.3, -0.25) is 0 Å². The maximum absolute atomic E-state index is 13.9. The molecule has 120 valence electrons. The fraction of sp³-hybridized carbons (Fsp3) is 0.684. The first-order valence-electron chi connectivity index (χ1n) is 8.86. The average Bonchev–Trinajstić information content (AvgIpc) is 2.49. The van der Waals surface area contributed by atoms with Gasteiger partial charge < -0.3 is 0 Å². The van der Waals surface area contributed by atoms with Crippen molar-refractivity contribution < 1.29 is 4.39 Å². The average molecular weight is 399 g/mol. The Bertz CT molecular complexity index is 392. The molecule has 0 aliphatic carbocycles. The standard InChI is InChI=1S/C7H6F.3C4H9.Sn/c1-6-2-4-7(8)5-3-6;3*1-3-4-2;/h2,4-5H,1H3;3*1,3-4H2,2H3;. The first-order chi connectivity index (χ1) is 10.1. The molecule has 0 aromatic heterocycles. The quantitative estimate of drug-likeness (QED) is 0.412. The van der Waals surface area contributed by atoms with Crippen LogP contribution in [0.3, 0.4) is 0 Å². The van der Waals surface area contributed by atoms with E-state index in [0.29, 0.717) is 0 Å². The van der Waals surface area contributed by atoms with Crippen molar-refractivity contribution in [3.63, 3.8) is 0 Å². The van der Waals surface area contributed by atoms with Crippen LogP contribution in [0.1, 0.15) is 64.9 Å². The third-order valence-electron chi connectivity index (χ3n) is 4.80. The molecular formula is C19H33FSn. The molecule has 0 radical (unpaired) electrons. The summed E-state index contributed by atoms with van der Waals surface area (Å²) in [7, 11) is 0. The maximum atomic E-state index is 13.9. The second-order valence-corrected chi connectivity index (χ2v) is 19.7. The first-order valence-corrected chi connectivity index (χ1v) is 16.3. The third kappa shape index (κ3) is 5.58. The van der Waals surface area contributed by atoms with Crippen molar-refractivity contribution in [2.24, 2.45) is 0 Å². The number of halogens is 1. The number of hydrogen-bond acceptors (Lipinski definition) is 0. The Morgan fingerprint density at radius 1 is 0.857 bits per heavy atom. The van der Waals surface area contributed by atoms with Crippen molar-refractivity contribution in [3.8, 4) is 0 Å². The molecule has 0 aliphatic rings. The van der Waals surface area contributed by atoms with Gasteiger partial charge in [-0.1, -0.05) is 0 Å². The number of unbranched alkanes of at least 4 members (excludes halogenated alkanes) is 3. The Hall–Kier alpha value is -0.0513. The Kier molecular flexibility index (Phi) is 8.92. The van der Waals surface area contributed by atoms with Gasteiger partial charge in [0.25, 0.3) is 0 Å². The molecule has 0 saturated carbocycles. The van der Waals surface area contributed by atoms with E-state index in [1.807, 2.05) is 12.1 Å². The number of aryl methyl sites for hydroxylation is 1. The Morgan fingerprint density at radius 3 is 1.76 bits per heavy atom. The van der Waals surface area contributed by atoms with Gasteiger partial charge in [0, 0.05) is 0 Å². The summed E-state index contributed by atoms with van der Waals surface area (Å²) in [5, 5.41) is 0. The number of rotatable bonds is 10. The van der Waals surface area contributed by atoms with Crippen LogP contribution < -0.4 is 3.58 Å². The molecule has 0 bridgehead atoms. The molecule has 0 unspecified atom stereocenters.